The van der Waals surface area contributed by atoms with Gasteiger partial charge in [0.05, 0.1) is 13.3 Å². The predicted molar refractivity (Wildman–Crippen MR) is 69.2 cm³/mol. The summed E-state index contributed by atoms with van der Waals surface area (Å²) in [5.41, 5.74) is 1.25. The van der Waals surface area contributed by atoms with E-state index in [2.05, 4.69) is 23.3 Å². The molecule has 0 radical (unpaired) electrons. The molecule has 0 aliphatic heterocycles. The Morgan fingerprint density at radius 1 is 1.53 bits per heavy atom. The van der Waals surface area contributed by atoms with Crippen LogP contribution in [0.15, 0.2) is 18.5 Å². The second kappa shape index (κ2) is 6.01. The minimum atomic E-state index is 0.417. The van der Waals surface area contributed by atoms with Gasteiger partial charge in [-0.2, -0.15) is 0 Å². The second-order valence-electron chi connectivity index (χ2n) is 4.80. The van der Waals surface area contributed by atoms with Gasteiger partial charge >= 0.3 is 0 Å². The number of ether oxygens (including phenoxy) is 1. The fraction of sp³-hybridized carbons (Fsp3) is 0.643. The summed E-state index contributed by atoms with van der Waals surface area (Å²) >= 11 is 0. The number of rotatable bonds is 7. The maximum atomic E-state index is 5.41. The molecule has 1 aromatic heterocycles. The number of hydrogen-bond donors (Lipinski definition) is 1. The first-order valence-electron chi connectivity index (χ1n) is 6.56. The Balaban J connectivity index is 2.10. The fourth-order valence-electron chi connectivity index (χ4n) is 2.17. The zero-order valence-corrected chi connectivity index (χ0v) is 10.8. The van der Waals surface area contributed by atoms with Gasteiger partial charge < -0.3 is 10.1 Å². The number of methoxy groups -OCH3 is 1. The van der Waals surface area contributed by atoms with Gasteiger partial charge in [0.2, 0.25) is 0 Å². The Bertz CT molecular complexity index is 350. The average molecular weight is 234 g/mol. The zero-order chi connectivity index (χ0) is 12.1. The van der Waals surface area contributed by atoms with Crippen LogP contribution in [0.1, 0.15) is 44.2 Å². The van der Waals surface area contributed by atoms with Gasteiger partial charge in [-0.1, -0.05) is 19.8 Å². The lowest BCUT2D eigenvalue weighted by Gasteiger charge is -2.20. The molecule has 1 N–H and O–H groups in total. The largest absolute Gasteiger partial charge is 0.495 e. The summed E-state index contributed by atoms with van der Waals surface area (Å²) in [5, 5.41) is 3.62. The Hall–Kier alpha value is -1.09. The summed E-state index contributed by atoms with van der Waals surface area (Å²) in [4.78, 5) is 4.12. The standard InChI is InChI=1S/C14H22N2O/c1-3-7-16-13(9-11-4-5-11)12-6-8-15-10-14(12)17-2/h6,8,10-11,13,16H,3-5,7,9H2,1-2H3. The molecular weight excluding hydrogens is 212 g/mol. The molecule has 0 saturated heterocycles. The minimum Gasteiger partial charge on any atom is -0.495 e. The summed E-state index contributed by atoms with van der Waals surface area (Å²) in [7, 11) is 1.72. The third-order valence-electron chi connectivity index (χ3n) is 3.32. The van der Waals surface area contributed by atoms with Gasteiger partial charge in [-0.05, 0) is 31.4 Å². The van der Waals surface area contributed by atoms with E-state index in [-0.39, 0.29) is 0 Å². The normalized spacial score (nSPS) is 16.8. The third-order valence-corrected chi connectivity index (χ3v) is 3.32. The average Bonchev–Trinajstić information content (AvgIpc) is 3.18. The van der Waals surface area contributed by atoms with Crippen molar-refractivity contribution in [3.8, 4) is 5.75 Å². The summed E-state index contributed by atoms with van der Waals surface area (Å²) < 4.78 is 5.41. The van der Waals surface area contributed by atoms with Crippen molar-refractivity contribution in [3.63, 3.8) is 0 Å². The number of aromatic nitrogens is 1. The van der Waals surface area contributed by atoms with E-state index < -0.39 is 0 Å². The quantitative estimate of drug-likeness (QED) is 0.787. The van der Waals surface area contributed by atoms with Gasteiger partial charge in [0.25, 0.3) is 0 Å². The van der Waals surface area contributed by atoms with Crippen LogP contribution in [0.2, 0.25) is 0 Å². The summed E-state index contributed by atoms with van der Waals surface area (Å²) in [6.07, 6.45) is 8.82. The molecular formula is C14H22N2O. The van der Waals surface area contributed by atoms with Gasteiger partial charge in [-0.3, -0.25) is 4.98 Å². The molecule has 1 aliphatic rings. The molecule has 1 fully saturated rings. The molecule has 1 aliphatic carbocycles. The van der Waals surface area contributed by atoms with E-state index >= 15 is 0 Å². The first-order chi connectivity index (χ1) is 8.35. The zero-order valence-electron chi connectivity index (χ0n) is 10.8. The van der Waals surface area contributed by atoms with Crippen LogP contribution < -0.4 is 10.1 Å². The molecule has 0 amide bonds. The monoisotopic (exact) mass is 234 g/mol. The van der Waals surface area contributed by atoms with Crippen molar-refractivity contribution in [1.29, 1.82) is 0 Å². The van der Waals surface area contributed by atoms with E-state index in [0.29, 0.717) is 6.04 Å². The lowest BCUT2D eigenvalue weighted by atomic mass is 10.0. The highest BCUT2D eigenvalue weighted by molar-refractivity contribution is 5.33. The van der Waals surface area contributed by atoms with Crippen molar-refractivity contribution in [1.82, 2.24) is 10.3 Å². The lowest BCUT2D eigenvalue weighted by Crippen LogP contribution is -2.23. The van der Waals surface area contributed by atoms with Crippen LogP contribution in [0, 0.1) is 5.92 Å². The Morgan fingerprint density at radius 2 is 2.35 bits per heavy atom. The first kappa shape index (κ1) is 12.4. The van der Waals surface area contributed by atoms with Crippen LogP contribution in [0.4, 0.5) is 0 Å². The highest BCUT2D eigenvalue weighted by atomic mass is 16.5. The van der Waals surface area contributed by atoms with Crippen molar-refractivity contribution in [3.05, 3.63) is 24.0 Å². The second-order valence-corrected chi connectivity index (χ2v) is 4.80. The Morgan fingerprint density at radius 3 is 3.00 bits per heavy atom. The van der Waals surface area contributed by atoms with E-state index in [1.54, 1.807) is 7.11 Å². The summed E-state index contributed by atoms with van der Waals surface area (Å²) in [5.74, 6) is 1.81. The Kier molecular flexibility index (Phi) is 4.37. The number of pyridine rings is 1. The van der Waals surface area contributed by atoms with Crippen LogP contribution in [0.25, 0.3) is 0 Å². The van der Waals surface area contributed by atoms with Crippen LogP contribution in [0.3, 0.4) is 0 Å². The lowest BCUT2D eigenvalue weighted by molar-refractivity contribution is 0.389. The number of nitrogens with zero attached hydrogens (tertiary/aromatic N) is 1. The van der Waals surface area contributed by atoms with E-state index in [1.165, 1.54) is 24.8 Å². The van der Waals surface area contributed by atoms with Crippen molar-refractivity contribution < 1.29 is 4.74 Å². The Labute approximate surface area is 104 Å². The van der Waals surface area contributed by atoms with E-state index in [9.17, 15) is 0 Å². The molecule has 1 atom stereocenters. The van der Waals surface area contributed by atoms with E-state index in [4.69, 9.17) is 4.74 Å². The molecule has 3 heteroatoms. The molecule has 1 unspecified atom stereocenters. The van der Waals surface area contributed by atoms with Crippen molar-refractivity contribution in [2.75, 3.05) is 13.7 Å². The molecule has 17 heavy (non-hydrogen) atoms. The van der Waals surface area contributed by atoms with Crippen LogP contribution in [-0.4, -0.2) is 18.6 Å². The maximum Gasteiger partial charge on any atom is 0.141 e. The number of hydrogen-bond acceptors (Lipinski definition) is 3. The molecule has 0 bridgehead atoms. The molecule has 1 saturated carbocycles. The van der Waals surface area contributed by atoms with Gasteiger partial charge in [0.15, 0.2) is 0 Å². The molecule has 94 valence electrons. The van der Waals surface area contributed by atoms with E-state index in [1.807, 2.05) is 12.4 Å². The molecule has 1 heterocycles. The van der Waals surface area contributed by atoms with Crippen molar-refractivity contribution in [2.24, 2.45) is 5.92 Å². The maximum absolute atomic E-state index is 5.41. The topological polar surface area (TPSA) is 34.2 Å². The van der Waals surface area contributed by atoms with Crippen LogP contribution in [-0.2, 0) is 0 Å². The number of nitrogens with one attached hydrogen (secondary N) is 1. The molecule has 3 nitrogen and oxygen atoms in total. The molecule has 1 aromatic rings. The SMILES string of the molecule is CCCNC(CC1CC1)c1ccncc1OC. The van der Waals surface area contributed by atoms with Gasteiger partial charge in [0.1, 0.15) is 5.75 Å². The molecule has 2 rings (SSSR count). The van der Waals surface area contributed by atoms with Crippen molar-refractivity contribution in [2.45, 2.75) is 38.6 Å². The highest BCUT2D eigenvalue weighted by Gasteiger charge is 2.27. The van der Waals surface area contributed by atoms with Crippen LogP contribution in [0.5, 0.6) is 5.75 Å². The third kappa shape index (κ3) is 3.43. The van der Waals surface area contributed by atoms with Gasteiger partial charge in [-0.25, -0.2) is 0 Å². The van der Waals surface area contributed by atoms with Crippen LogP contribution >= 0.6 is 0 Å². The van der Waals surface area contributed by atoms with Crippen molar-refractivity contribution >= 4 is 0 Å². The van der Waals surface area contributed by atoms with Gasteiger partial charge in [0, 0.05) is 17.8 Å². The first-order valence-corrected chi connectivity index (χ1v) is 6.56. The smallest absolute Gasteiger partial charge is 0.141 e. The highest BCUT2D eigenvalue weighted by Crippen LogP contribution is 2.39. The molecule has 0 spiro atoms. The summed E-state index contributed by atoms with van der Waals surface area (Å²) in [6.45, 7) is 3.26. The fourth-order valence-corrected chi connectivity index (χ4v) is 2.17. The van der Waals surface area contributed by atoms with E-state index in [0.717, 1.165) is 24.6 Å². The minimum absolute atomic E-state index is 0.417. The predicted octanol–water partition coefficient (Wildman–Crippen LogP) is 2.93. The van der Waals surface area contributed by atoms with Gasteiger partial charge in [-0.15, -0.1) is 0 Å². The summed E-state index contributed by atoms with van der Waals surface area (Å²) in [6, 6.07) is 2.49. The molecule has 0 aromatic carbocycles.